The SMILES string of the molecule is C.C#C.C#C.C#C.CC[Si](O)(CCN)CNC.CO.CO[Si](C)(C)CCCNCCCN.[HH]. The lowest BCUT2D eigenvalue weighted by Gasteiger charge is -2.21. The van der Waals surface area contributed by atoms with E-state index in [2.05, 4.69) is 62.3 Å². The lowest BCUT2D eigenvalue weighted by atomic mass is 10.4. The molecular weight excluding hydrogens is 436 g/mol. The van der Waals surface area contributed by atoms with Crippen LogP contribution in [-0.4, -0.2) is 80.2 Å². The molecule has 0 aliphatic rings. The molecule has 0 aromatic rings. The summed E-state index contributed by atoms with van der Waals surface area (Å²) < 4.78 is 5.46. The van der Waals surface area contributed by atoms with Crippen LogP contribution >= 0.6 is 0 Å². The van der Waals surface area contributed by atoms with E-state index in [1.807, 2.05) is 21.1 Å². The third-order valence-electron chi connectivity index (χ3n) is 4.02. The second-order valence-electron chi connectivity index (χ2n) is 6.61. The monoisotopic (exact) mass is 494 g/mol. The van der Waals surface area contributed by atoms with Gasteiger partial charge in [-0.3, -0.25) is 0 Å². The Labute approximate surface area is 205 Å². The van der Waals surface area contributed by atoms with Crippen LogP contribution in [0.15, 0.2) is 0 Å². The standard InChI is InChI=1S/C9H24N2OSi.C6H18N2OSi.3C2H2.CH4O.CH4.H2/c1-12-13(2,3)9-5-8-11-7-4-6-10;1-3-10(9,5-4-7)6-8-2;4*1-2;;/h11H,4-10H2,1-3H3;8-9H,3-7H2,1-2H3;3*1-2H;2H,1H3;1H4;1H. The summed E-state index contributed by atoms with van der Waals surface area (Å²) in [6.07, 6.45) is 27.1. The van der Waals surface area contributed by atoms with Gasteiger partial charge in [-0.1, -0.05) is 14.4 Å². The van der Waals surface area contributed by atoms with Crippen LogP contribution in [-0.2, 0) is 4.43 Å². The van der Waals surface area contributed by atoms with Crippen molar-refractivity contribution < 1.29 is 15.8 Å². The Morgan fingerprint density at radius 1 is 0.906 bits per heavy atom. The summed E-state index contributed by atoms with van der Waals surface area (Å²) >= 11 is 0. The van der Waals surface area contributed by atoms with E-state index in [0.29, 0.717) is 6.54 Å². The fourth-order valence-electron chi connectivity index (χ4n) is 2.08. The van der Waals surface area contributed by atoms with Gasteiger partial charge in [0.25, 0.3) is 0 Å². The van der Waals surface area contributed by atoms with Gasteiger partial charge in [0, 0.05) is 21.8 Å². The van der Waals surface area contributed by atoms with Crippen molar-refractivity contribution in [3.05, 3.63) is 0 Å². The topological polar surface area (TPSA) is 126 Å². The van der Waals surface area contributed by atoms with E-state index in [-0.39, 0.29) is 8.85 Å². The summed E-state index contributed by atoms with van der Waals surface area (Å²) in [5.74, 6) is 0. The minimum atomic E-state index is -1.96. The number of hydrogen-bond acceptors (Lipinski definition) is 7. The third-order valence-corrected chi connectivity index (χ3v) is 10.2. The molecule has 1 atom stereocenters. The molecule has 0 rings (SSSR count). The maximum absolute atomic E-state index is 9.82. The number of terminal acetylenes is 3. The second-order valence-corrected chi connectivity index (χ2v) is 15.0. The summed E-state index contributed by atoms with van der Waals surface area (Å²) in [4.78, 5) is 9.82. The van der Waals surface area contributed by atoms with Crippen molar-refractivity contribution in [2.24, 2.45) is 11.5 Å². The van der Waals surface area contributed by atoms with Crippen LogP contribution < -0.4 is 22.1 Å². The van der Waals surface area contributed by atoms with E-state index in [4.69, 9.17) is 21.0 Å². The summed E-state index contributed by atoms with van der Waals surface area (Å²) in [6, 6.07) is 2.94. The van der Waals surface area contributed by atoms with Gasteiger partial charge in [0.1, 0.15) is 0 Å². The van der Waals surface area contributed by atoms with E-state index in [1.165, 1.54) is 12.5 Å². The van der Waals surface area contributed by atoms with E-state index in [1.54, 1.807) is 0 Å². The average molecular weight is 495 g/mol. The van der Waals surface area contributed by atoms with Crippen molar-refractivity contribution in [3.63, 3.8) is 0 Å². The zero-order valence-corrected chi connectivity index (χ0v) is 23.0. The Balaban J connectivity index is -0.0000000467. The molecule has 0 aromatic heterocycles. The van der Waals surface area contributed by atoms with Crippen molar-refractivity contribution in [2.45, 2.75) is 58.4 Å². The van der Waals surface area contributed by atoms with Crippen LogP contribution in [0.25, 0.3) is 0 Å². The number of aliphatic hydroxyl groups is 1. The first-order valence-corrected chi connectivity index (χ1v) is 16.0. The van der Waals surface area contributed by atoms with Gasteiger partial charge in [-0.15, -0.1) is 38.5 Å². The van der Waals surface area contributed by atoms with Crippen LogP contribution in [0, 0.1) is 38.5 Å². The van der Waals surface area contributed by atoms with Crippen molar-refractivity contribution in [1.82, 2.24) is 10.6 Å². The fraction of sp³-hybridized carbons (Fsp3) is 0.739. The molecule has 0 radical (unpaired) electrons. The molecule has 0 fully saturated rings. The molecule has 0 amide bonds. The number of hydrogen-bond donors (Lipinski definition) is 6. The Kier molecular flexibility index (Phi) is 65.9. The molecule has 0 aliphatic carbocycles. The molecule has 8 N–H and O–H groups in total. The quantitative estimate of drug-likeness (QED) is 0.131. The first kappa shape index (κ1) is 48.3. The third kappa shape index (κ3) is 46.9. The van der Waals surface area contributed by atoms with E-state index in [0.717, 1.165) is 51.4 Å². The van der Waals surface area contributed by atoms with Crippen LogP contribution in [0.1, 0.15) is 28.6 Å². The second kappa shape index (κ2) is 43.7. The van der Waals surface area contributed by atoms with Crippen molar-refractivity contribution in [2.75, 3.05) is 53.6 Å². The average Bonchev–Trinajstić information content (AvgIpc) is 2.82. The predicted molar refractivity (Wildman–Crippen MR) is 153 cm³/mol. The largest absolute Gasteiger partial charge is 0.430 e. The maximum Gasteiger partial charge on any atom is 0.203 e. The first-order valence-electron chi connectivity index (χ1n) is 10.3. The van der Waals surface area contributed by atoms with Gasteiger partial charge in [-0.05, 0) is 77.3 Å². The summed E-state index contributed by atoms with van der Waals surface area (Å²) in [5.41, 5.74) is 10.7. The molecule has 0 aliphatic heterocycles. The molecule has 0 saturated carbocycles. The summed E-state index contributed by atoms with van der Waals surface area (Å²) in [7, 11) is 1.42. The Bertz CT molecular complexity index is 353. The van der Waals surface area contributed by atoms with Crippen molar-refractivity contribution in [3.8, 4) is 38.5 Å². The van der Waals surface area contributed by atoms with Crippen LogP contribution in [0.5, 0.6) is 0 Å². The Hall–Kier alpha value is -1.17. The van der Waals surface area contributed by atoms with Crippen LogP contribution in [0.3, 0.4) is 0 Å². The van der Waals surface area contributed by atoms with Gasteiger partial charge in [0.2, 0.25) is 8.32 Å². The molecule has 196 valence electrons. The number of nitrogens with two attached hydrogens (primary N) is 2. The predicted octanol–water partition coefficient (Wildman–Crippen LogP) is 2.07. The summed E-state index contributed by atoms with van der Waals surface area (Å²) in [5, 5.41) is 13.4. The minimum absolute atomic E-state index is 0. The van der Waals surface area contributed by atoms with Gasteiger partial charge in [-0.2, -0.15) is 0 Å². The maximum atomic E-state index is 9.82. The van der Waals surface area contributed by atoms with Crippen molar-refractivity contribution in [1.29, 1.82) is 0 Å². The van der Waals surface area contributed by atoms with Gasteiger partial charge in [0.05, 0.1) is 0 Å². The van der Waals surface area contributed by atoms with Gasteiger partial charge >= 0.3 is 0 Å². The molecule has 9 heteroatoms. The lowest BCUT2D eigenvalue weighted by Crippen LogP contribution is -2.45. The number of nitrogens with one attached hydrogen (secondary N) is 2. The van der Waals surface area contributed by atoms with E-state index in [9.17, 15) is 4.80 Å². The molecule has 0 bridgehead atoms. The highest BCUT2D eigenvalue weighted by molar-refractivity contribution is 6.72. The highest BCUT2D eigenvalue weighted by Crippen LogP contribution is 2.11. The first-order chi connectivity index (χ1) is 14.8. The van der Waals surface area contributed by atoms with Gasteiger partial charge in [-0.25, -0.2) is 0 Å². The molecule has 0 saturated heterocycles. The highest BCUT2D eigenvalue weighted by Gasteiger charge is 2.26. The molecule has 32 heavy (non-hydrogen) atoms. The molecule has 0 heterocycles. The fourth-order valence-corrected chi connectivity index (χ4v) is 5.29. The zero-order chi connectivity index (χ0) is 26.2. The Morgan fingerprint density at radius 2 is 1.34 bits per heavy atom. The van der Waals surface area contributed by atoms with Crippen molar-refractivity contribution >= 4 is 16.6 Å². The molecule has 0 aromatic carbocycles. The lowest BCUT2D eigenvalue weighted by molar-refractivity contribution is 0.399. The minimum Gasteiger partial charge on any atom is -0.430 e. The molecule has 1 unspecified atom stereocenters. The van der Waals surface area contributed by atoms with Gasteiger partial charge in [0.15, 0.2) is 8.32 Å². The van der Waals surface area contributed by atoms with Crippen LogP contribution in [0.2, 0.25) is 31.2 Å². The number of aliphatic hydroxyl groups excluding tert-OH is 1. The normalized spacial score (nSPS) is 10.5. The smallest absolute Gasteiger partial charge is 0.203 e. The molecule has 7 nitrogen and oxygen atoms in total. The molecule has 0 spiro atoms. The zero-order valence-electron chi connectivity index (χ0n) is 21.0. The Morgan fingerprint density at radius 3 is 1.66 bits per heavy atom. The van der Waals surface area contributed by atoms with Crippen LogP contribution in [0.4, 0.5) is 0 Å². The van der Waals surface area contributed by atoms with E-state index >= 15 is 0 Å². The van der Waals surface area contributed by atoms with E-state index < -0.39 is 16.6 Å². The molecular formula is C23H58N4O3Si2. The number of rotatable bonds is 13. The van der Waals surface area contributed by atoms with Gasteiger partial charge < -0.3 is 36.4 Å². The summed E-state index contributed by atoms with van der Waals surface area (Å²) in [6.45, 7) is 10.1. The highest BCUT2D eigenvalue weighted by atomic mass is 28.4.